The van der Waals surface area contributed by atoms with Crippen LogP contribution in [0.2, 0.25) is 0 Å². The molecule has 0 aliphatic carbocycles. The van der Waals surface area contributed by atoms with Gasteiger partial charge in [-0.15, -0.1) is 0 Å². The summed E-state index contributed by atoms with van der Waals surface area (Å²) in [6, 6.07) is 2.12. The van der Waals surface area contributed by atoms with E-state index in [4.69, 9.17) is 5.73 Å². The molecule has 2 rings (SSSR count). The highest BCUT2D eigenvalue weighted by atomic mass is 79.9. The zero-order valence-electron chi connectivity index (χ0n) is 7.39. The maximum atomic E-state index is 13.6. The molecule has 6 heteroatoms. The molecule has 0 aliphatic heterocycles. The highest BCUT2D eigenvalue weighted by Crippen LogP contribution is 2.31. The molecule has 0 spiro atoms. The molecule has 3 N–H and O–H groups in total. The Labute approximate surface area is 92.4 Å². The van der Waals surface area contributed by atoms with Crippen molar-refractivity contribution in [2.24, 2.45) is 0 Å². The Morgan fingerprint density at radius 1 is 1.27 bits per heavy atom. The van der Waals surface area contributed by atoms with Crippen LogP contribution in [-0.4, -0.2) is 10.2 Å². The quantitative estimate of drug-likeness (QED) is 0.785. The van der Waals surface area contributed by atoms with Gasteiger partial charge in [-0.3, -0.25) is 5.10 Å². The fourth-order valence-corrected chi connectivity index (χ4v) is 1.70. The predicted molar refractivity (Wildman–Crippen MR) is 56.1 cm³/mol. The largest absolute Gasteiger partial charge is 0.384 e. The molecule has 0 aliphatic rings. The minimum atomic E-state index is -0.565. The second-order valence-electron chi connectivity index (χ2n) is 2.95. The summed E-state index contributed by atoms with van der Waals surface area (Å²) in [5, 5.41) is 6.10. The molecule has 0 unspecified atom stereocenters. The molecule has 0 amide bonds. The topological polar surface area (TPSA) is 54.7 Å². The second-order valence-corrected chi connectivity index (χ2v) is 3.80. The minimum Gasteiger partial charge on any atom is -0.384 e. The number of aromatic nitrogens is 2. The molecule has 78 valence electrons. The van der Waals surface area contributed by atoms with Crippen LogP contribution in [0.15, 0.2) is 22.8 Å². The van der Waals surface area contributed by atoms with Crippen LogP contribution in [0.3, 0.4) is 0 Å². The van der Waals surface area contributed by atoms with E-state index >= 15 is 0 Å². The Kier molecular flexibility index (Phi) is 2.44. The van der Waals surface area contributed by atoms with Crippen molar-refractivity contribution >= 4 is 21.7 Å². The van der Waals surface area contributed by atoms with Crippen molar-refractivity contribution in [3.05, 3.63) is 34.4 Å². The Hall–Kier alpha value is -1.43. The van der Waals surface area contributed by atoms with Crippen LogP contribution in [0.4, 0.5) is 14.6 Å². The fourth-order valence-electron chi connectivity index (χ4n) is 1.26. The smallest absolute Gasteiger partial charge is 0.145 e. The van der Waals surface area contributed by atoms with Gasteiger partial charge >= 0.3 is 0 Å². The number of aromatic amines is 1. The lowest BCUT2D eigenvalue weighted by molar-refractivity contribution is 0.597. The Morgan fingerprint density at radius 3 is 2.60 bits per heavy atom. The standard InChI is InChI=1S/C9H6BrF2N3/c10-7-2-4(11)1-5(8(7)12)6-3-14-15-9(6)13/h1-3H,(H3,13,14,15). The number of nitrogens with one attached hydrogen (secondary N) is 1. The van der Waals surface area contributed by atoms with Crippen molar-refractivity contribution in [3.63, 3.8) is 0 Å². The van der Waals surface area contributed by atoms with Crippen LogP contribution < -0.4 is 5.73 Å². The van der Waals surface area contributed by atoms with E-state index in [-0.39, 0.29) is 15.9 Å². The number of hydrogen-bond donors (Lipinski definition) is 2. The first-order valence-electron chi connectivity index (χ1n) is 4.03. The number of H-pyrrole nitrogens is 1. The third-order valence-electron chi connectivity index (χ3n) is 1.95. The van der Waals surface area contributed by atoms with Crippen molar-refractivity contribution in [1.29, 1.82) is 0 Å². The van der Waals surface area contributed by atoms with Gasteiger partial charge in [0.05, 0.1) is 10.7 Å². The van der Waals surface area contributed by atoms with E-state index in [0.29, 0.717) is 5.56 Å². The Balaban J connectivity index is 2.68. The van der Waals surface area contributed by atoms with Gasteiger partial charge in [0.1, 0.15) is 17.5 Å². The molecule has 0 bridgehead atoms. The van der Waals surface area contributed by atoms with Crippen LogP contribution in [0.1, 0.15) is 0 Å². The summed E-state index contributed by atoms with van der Waals surface area (Å²) in [6.45, 7) is 0. The highest BCUT2D eigenvalue weighted by molar-refractivity contribution is 9.10. The highest BCUT2D eigenvalue weighted by Gasteiger charge is 2.14. The van der Waals surface area contributed by atoms with Gasteiger partial charge in [-0.05, 0) is 28.1 Å². The average molecular weight is 274 g/mol. The first-order chi connectivity index (χ1) is 7.09. The molecule has 0 saturated carbocycles. The molecule has 2 aromatic rings. The molecule has 1 heterocycles. The predicted octanol–water partition coefficient (Wildman–Crippen LogP) is 2.70. The van der Waals surface area contributed by atoms with Crippen molar-refractivity contribution < 1.29 is 8.78 Å². The first kappa shape index (κ1) is 10.1. The summed E-state index contributed by atoms with van der Waals surface area (Å²) in [6.07, 6.45) is 1.35. The number of halogens is 3. The van der Waals surface area contributed by atoms with Crippen LogP contribution in [0.25, 0.3) is 11.1 Å². The summed E-state index contributed by atoms with van der Waals surface area (Å²) in [7, 11) is 0. The van der Waals surface area contributed by atoms with Crippen LogP contribution in [0, 0.1) is 11.6 Å². The molecule has 0 radical (unpaired) electrons. The molecule has 1 aromatic heterocycles. The minimum absolute atomic E-state index is 0.0538. The zero-order chi connectivity index (χ0) is 11.0. The summed E-state index contributed by atoms with van der Waals surface area (Å²) in [4.78, 5) is 0. The maximum absolute atomic E-state index is 13.6. The van der Waals surface area contributed by atoms with E-state index in [0.717, 1.165) is 12.1 Å². The number of nitrogen functional groups attached to an aromatic ring is 1. The summed E-state index contributed by atoms with van der Waals surface area (Å²) in [5.41, 5.74) is 5.94. The maximum Gasteiger partial charge on any atom is 0.145 e. The zero-order valence-corrected chi connectivity index (χ0v) is 8.98. The fraction of sp³-hybridized carbons (Fsp3) is 0. The average Bonchev–Trinajstić information content (AvgIpc) is 2.58. The van der Waals surface area contributed by atoms with Crippen molar-refractivity contribution in [1.82, 2.24) is 10.2 Å². The summed E-state index contributed by atoms with van der Waals surface area (Å²) >= 11 is 2.92. The Bertz CT molecular complexity index is 510. The van der Waals surface area contributed by atoms with Gasteiger partial charge in [-0.25, -0.2) is 8.78 Å². The molecule has 0 fully saturated rings. The van der Waals surface area contributed by atoms with E-state index in [2.05, 4.69) is 26.1 Å². The lowest BCUT2D eigenvalue weighted by Crippen LogP contribution is -1.92. The monoisotopic (exact) mass is 273 g/mol. The number of nitrogens with two attached hydrogens (primary N) is 1. The van der Waals surface area contributed by atoms with Gasteiger partial charge in [0.25, 0.3) is 0 Å². The molecule has 0 saturated heterocycles. The van der Waals surface area contributed by atoms with Crippen molar-refractivity contribution in [2.75, 3.05) is 5.73 Å². The van der Waals surface area contributed by atoms with Crippen molar-refractivity contribution in [3.8, 4) is 11.1 Å². The molecular weight excluding hydrogens is 268 g/mol. The van der Waals surface area contributed by atoms with Gasteiger partial charge < -0.3 is 5.73 Å². The van der Waals surface area contributed by atoms with E-state index in [1.54, 1.807) is 0 Å². The van der Waals surface area contributed by atoms with Crippen LogP contribution in [0.5, 0.6) is 0 Å². The van der Waals surface area contributed by atoms with Gasteiger partial charge in [0.15, 0.2) is 0 Å². The lowest BCUT2D eigenvalue weighted by atomic mass is 10.1. The number of hydrogen-bond acceptors (Lipinski definition) is 2. The van der Waals surface area contributed by atoms with Gasteiger partial charge in [0, 0.05) is 11.1 Å². The Morgan fingerprint density at radius 2 is 2.00 bits per heavy atom. The third kappa shape index (κ3) is 1.72. The summed E-state index contributed by atoms with van der Waals surface area (Å²) < 4.78 is 26.7. The van der Waals surface area contributed by atoms with E-state index < -0.39 is 11.6 Å². The van der Waals surface area contributed by atoms with E-state index in [1.807, 2.05) is 0 Å². The normalized spacial score (nSPS) is 10.6. The van der Waals surface area contributed by atoms with E-state index in [1.165, 1.54) is 6.20 Å². The lowest BCUT2D eigenvalue weighted by Gasteiger charge is -2.03. The second kappa shape index (κ2) is 3.62. The van der Waals surface area contributed by atoms with Crippen LogP contribution in [-0.2, 0) is 0 Å². The number of nitrogens with zero attached hydrogens (tertiary/aromatic N) is 1. The molecule has 0 atom stereocenters. The van der Waals surface area contributed by atoms with Gasteiger partial charge in [-0.2, -0.15) is 5.10 Å². The van der Waals surface area contributed by atoms with Gasteiger partial charge in [-0.1, -0.05) is 0 Å². The van der Waals surface area contributed by atoms with E-state index in [9.17, 15) is 8.78 Å². The van der Waals surface area contributed by atoms with Crippen molar-refractivity contribution in [2.45, 2.75) is 0 Å². The first-order valence-corrected chi connectivity index (χ1v) is 4.82. The SMILES string of the molecule is Nc1[nH]ncc1-c1cc(F)cc(Br)c1F. The number of anilines is 1. The summed E-state index contributed by atoms with van der Waals surface area (Å²) in [5.74, 6) is -0.908. The molecule has 3 nitrogen and oxygen atoms in total. The molecule has 15 heavy (non-hydrogen) atoms. The number of rotatable bonds is 1. The molecule has 1 aromatic carbocycles. The number of benzene rings is 1. The van der Waals surface area contributed by atoms with Gasteiger partial charge in [0.2, 0.25) is 0 Å². The third-order valence-corrected chi connectivity index (χ3v) is 2.53. The molecular formula is C9H6BrF2N3. The van der Waals surface area contributed by atoms with Crippen LogP contribution >= 0.6 is 15.9 Å².